The first-order valence-electron chi connectivity index (χ1n) is 2.72. The first-order valence-corrected chi connectivity index (χ1v) is 3.10. The van der Waals surface area contributed by atoms with Gasteiger partial charge in [-0.1, -0.05) is 11.6 Å². The molecule has 0 saturated carbocycles. The van der Waals surface area contributed by atoms with E-state index in [1.165, 1.54) is 6.20 Å². The topological polar surface area (TPSA) is 38.9 Å². The zero-order valence-electron chi connectivity index (χ0n) is 4.91. The zero-order valence-corrected chi connectivity index (χ0v) is 5.67. The van der Waals surface area contributed by atoms with Crippen molar-refractivity contribution in [3.63, 3.8) is 0 Å². The Morgan fingerprint density at radius 2 is 2.40 bits per heavy atom. The van der Waals surface area contributed by atoms with Gasteiger partial charge in [-0.3, -0.25) is 0 Å². The molecule has 4 heteroatoms. The van der Waals surface area contributed by atoms with E-state index in [9.17, 15) is 0 Å². The molecule has 3 nitrogen and oxygen atoms in total. The van der Waals surface area contributed by atoms with E-state index >= 15 is 0 Å². The molecule has 0 aliphatic heterocycles. The summed E-state index contributed by atoms with van der Waals surface area (Å²) < 4.78 is 5.01. The molecule has 0 spiro atoms. The van der Waals surface area contributed by atoms with Crippen LogP contribution in [0.15, 0.2) is 22.9 Å². The van der Waals surface area contributed by atoms with Crippen molar-refractivity contribution in [2.24, 2.45) is 0 Å². The number of hydrogen-bond donors (Lipinski definition) is 0. The molecule has 2 aromatic rings. The zero-order chi connectivity index (χ0) is 6.97. The van der Waals surface area contributed by atoms with E-state index in [2.05, 4.69) is 10.2 Å². The minimum atomic E-state index is 0.381. The van der Waals surface area contributed by atoms with Crippen molar-refractivity contribution in [1.29, 1.82) is 0 Å². The summed E-state index contributed by atoms with van der Waals surface area (Å²) in [5.74, 6) is 0. The lowest BCUT2D eigenvalue weighted by Gasteiger charge is -1.86. The number of furan rings is 1. The largest absolute Gasteiger partial charge is 0.463 e. The predicted molar refractivity (Wildman–Crippen MR) is 36.8 cm³/mol. The molecule has 2 heterocycles. The summed E-state index contributed by atoms with van der Waals surface area (Å²) in [5, 5.41) is 8.43. The second kappa shape index (κ2) is 1.95. The van der Waals surface area contributed by atoms with E-state index in [0.717, 1.165) is 5.39 Å². The Balaban J connectivity index is 2.95. The Hall–Kier alpha value is -1.09. The summed E-state index contributed by atoms with van der Waals surface area (Å²) >= 11 is 5.66. The molecule has 0 fully saturated rings. The van der Waals surface area contributed by atoms with Gasteiger partial charge in [0.25, 0.3) is 0 Å². The molecule has 0 bridgehead atoms. The van der Waals surface area contributed by atoms with Crippen LogP contribution in [-0.4, -0.2) is 10.2 Å². The Kier molecular flexibility index (Phi) is 1.11. The van der Waals surface area contributed by atoms with Gasteiger partial charge >= 0.3 is 0 Å². The van der Waals surface area contributed by atoms with Crippen molar-refractivity contribution < 1.29 is 4.42 Å². The fraction of sp³-hybridized carbons (Fsp3) is 0. The van der Waals surface area contributed by atoms with Gasteiger partial charge in [-0.25, -0.2) is 0 Å². The van der Waals surface area contributed by atoms with Crippen molar-refractivity contribution in [2.45, 2.75) is 0 Å². The van der Waals surface area contributed by atoms with E-state index in [1.807, 2.05) is 0 Å². The number of aromatic nitrogens is 2. The van der Waals surface area contributed by atoms with E-state index in [4.69, 9.17) is 16.0 Å². The molecule has 0 N–H and O–H groups in total. The number of nitrogens with zero attached hydrogens (tertiary/aromatic N) is 2. The number of fused-ring (bicyclic) bond motifs is 1. The number of hydrogen-bond acceptors (Lipinski definition) is 3. The fourth-order valence-electron chi connectivity index (χ4n) is 0.777. The fourth-order valence-corrected chi connectivity index (χ4v) is 0.977. The highest BCUT2D eigenvalue weighted by Crippen LogP contribution is 2.19. The van der Waals surface area contributed by atoms with Gasteiger partial charge in [0.2, 0.25) is 0 Å². The second-order valence-corrected chi connectivity index (χ2v) is 2.19. The summed E-state index contributed by atoms with van der Waals surface area (Å²) in [6.07, 6.45) is 3.08. The molecule has 0 aliphatic rings. The van der Waals surface area contributed by atoms with Gasteiger partial charge in [0, 0.05) is 0 Å². The number of halogens is 1. The third-order valence-corrected chi connectivity index (χ3v) is 1.52. The van der Waals surface area contributed by atoms with Crippen LogP contribution in [0.1, 0.15) is 0 Å². The Morgan fingerprint density at radius 3 is 3.20 bits per heavy atom. The third kappa shape index (κ3) is 0.675. The minimum Gasteiger partial charge on any atom is -0.463 e. The van der Waals surface area contributed by atoms with E-state index in [-0.39, 0.29) is 0 Å². The van der Waals surface area contributed by atoms with Crippen molar-refractivity contribution >= 4 is 22.6 Å². The van der Waals surface area contributed by atoms with Crippen molar-refractivity contribution in [1.82, 2.24) is 10.2 Å². The second-order valence-electron chi connectivity index (χ2n) is 1.83. The maximum atomic E-state index is 5.66. The predicted octanol–water partition coefficient (Wildman–Crippen LogP) is 1.88. The molecule has 0 radical (unpaired) electrons. The molecule has 0 amide bonds. The van der Waals surface area contributed by atoms with Gasteiger partial charge in [-0.05, 0) is 6.07 Å². The highest BCUT2D eigenvalue weighted by atomic mass is 35.5. The van der Waals surface area contributed by atoms with Crippen molar-refractivity contribution in [3.05, 3.63) is 23.7 Å². The van der Waals surface area contributed by atoms with Crippen LogP contribution in [0, 0.1) is 0 Å². The lowest BCUT2D eigenvalue weighted by atomic mass is 10.4. The van der Waals surface area contributed by atoms with Gasteiger partial charge < -0.3 is 4.42 Å². The quantitative estimate of drug-likeness (QED) is 0.582. The first kappa shape index (κ1) is 5.68. The molecule has 0 aromatic carbocycles. The van der Waals surface area contributed by atoms with Crippen molar-refractivity contribution in [3.8, 4) is 0 Å². The molecular weight excluding hydrogens is 152 g/mol. The average Bonchev–Trinajstić information content (AvgIpc) is 2.36. The summed E-state index contributed by atoms with van der Waals surface area (Å²) in [4.78, 5) is 0. The standard InChI is InChI=1S/C6H3ClN2O/c7-6-4-1-2-10-5(4)3-8-9-6/h1-3H. The summed E-state index contributed by atoms with van der Waals surface area (Å²) in [6.45, 7) is 0. The summed E-state index contributed by atoms with van der Waals surface area (Å²) in [6, 6.07) is 1.76. The van der Waals surface area contributed by atoms with Gasteiger partial charge in [-0.15, -0.1) is 5.10 Å². The van der Waals surface area contributed by atoms with E-state index < -0.39 is 0 Å². The first-order chi connectivity index (χ1) is 4.88. The maximum absolute atomic E-state index is 5.66. The van der Waals surface area contributed by atoms with E-state index in [0.29, 0.717) is 10.7 Å². The van der Waals surface area contributed by atoms with E-state index in [1.54, 1.807) is 12.3 Å². The van der Waals surface area contributed by atoms with Crippen LogP contribution >= 0.6 is 11.6 Å². The molecular formula is C6H3ClN2O. The highest BCUT2D eigenvalue weighted by Gasteiger charge is 2.00. The van der Waals surface area contributed by atoms with Crippen LogP contribution in [0.5, 0.6) is 0 Å². The highest BCUT2D eigenvalue weighted by molar-refractivity contribution is 6.33. The normalized spacial score (nSPS) is 10.5. The molecule has 0 saturated heterocycles. The van der Waals surface area contributed by atoms with Crippen molar-refractivity contribution in [2.75, 3.05) is 0 Å². The molecule has 2 rings (SSSR count). The minimum absolute atomic E-state index is 0.381. The molecule has 50 valence electrons. The van der Waals surface area contributed by atoms with Crippen LogP contribution in [0.25, 0.3) is 11.0 Å². The average molecular weight is 155 g/mol. The summed E-state index contributed by atoms with van der Waals surface area (Å²) in [7, 11) is 0. The Labute approximate surface area is 61.6 Å². The monoisotopic (exact) mass is 154 g/mol. The Morgan fingerprint density at radius 1 is 1.50 bits per heavy atom. The molecule has 0 unspecified atom stereocenters. The SMILES string of the molecule is Clc1nncc2occc12. The molecule has 10 heavy (non-hydrogen) atoms. The van der Waals surface area contributed by atoms with Crippen LogP contribution in [0.3, 0.4) is 0 Å². The Bertz CT molecular complexity index is 357. The lowest BCUT2D eigenvalue weighted by molar-refractivity contribution is 0.613. The lowest BCUT2D eigenvalue weighted by Crippen LogP contribution is -1.78. The van der Waals surface area contributed by atoms with Crippen LogP contribution < -0.4 is 0 Å². The van der Waals surface area contributed by atoms with Crippen LogP contribution in [0.4, 0.5) is 0 Å². The van der Waals surface area contributed by atoms with Gasteiger partial charge in [0.05, 0.1) is 17.8 Å². The smallest absolute Gasteiger partial charge is 0.162 e. The third-order valence-electron chi connectivity index (χ3n) is 1.24. The van der Waals surface area contributed by atoms with Gasteiger partial charge in [0.15, 0.2) is 10.7 Å². The molecule has 0 atom stereocenters. The van der Waals surface area contributed by atoms with Gasteiger partial charge in [0.1, 0.15) is 0 Å². The van der Waals surface area contributed by atoms with Gasteiger partial charge in [-0.2, -0.15) is 5.10 Å². The molecule has 0 aliphatic carbocycles. The number of rotatable bonds is 0. The summed E-state index contributed by atoms with van der Waals surface area (Å²) in [5.41, 5.74) is 0.667. The maximum Gasteiger partial charge on any atom is 0.162 e. The van der Waals surface area contributed by atoms with Crippen LogP contribution in [0.2, 0.25) is 5.15 Å². The van der Waals surface area contributed by atoms with Crippen LogP contribution in [-0.2, 0) is 0 Å². The molecule has 2 aromatic heterocycles.